The monoisotopic (exact) mass is 215 g/mol. The van der Waals surface area contributed by atoms with Gasteiger partial charge in [-0.2, -0.15) is 0 Å². The predicted octanol–water partition coefficient (Wildman–Crippen LogP) is -0.972. The summed E-state index contributed by atoms with van der Waals surface area (Å²) >= 11 is 0. The van der Waals surface area contributed by atoms with E-state index in [2.05, 4.69) is 0 Å². The average molecular weight is 215 g/mol. The summed E-state index contributed by atoms with van der Waals surface area (Å²) in [5.41, 5.74) is 4.20. The van der Waals surface area contributed by atoms with Crippen molar-refractivity contribution >= 4 is 11.9 Å². The summed E-state index contributed by atoms with van der Waals surface area (Å²) in [4.78, 5) is 23.3. The van der Waals surface area contributed by atoms with Gasteiger partial charge in [0.05, 0.1) is 5.60 Å². The van der Waals surface area contributed by atoms with Gasteiger partial charge in [-0.3, -0.25) is 15.0 Å². The topological polar surface area (TPSA) is 95.7 Å². The third-order valence-corrected chi connectivity index (χ3v) is 2.61. The van der Waals surface area contributed by atoms with E-state index in [4.69, 9.17) is 5.73 Å². The number of nitrogens with two attached hydrogens (primary N) is 1. The summed E-state index contributed by atoms with van der Waals surface area (Å²) in [7, 11) is 0. The number of β-amino-alcohol motifs (C(OH)–C–C–N with tert-alkyl or cyclic N) is 1. The molecule has 0 bridgehead atoms. The highest BCUT2D eigenvalue weighted by Gasteiger charge is 2.38. The highest BCUT2D eigenvalue weighted by atomic mass is 16.3. The summed E-state index contributed by atoms with van der Waals surface area (Å²) < 4.78 is 0. The van der Waals surface area contributed by atoms with Crippen molar-refractivity contribution in [3.8, 4) is 0 Å². The molecule has 1 saturated heterocycles. The summed E-state index contributed by atoms with van der Waals surface area (Å²) in [6.45, 7) is 3.65. The van der Waals surface area contributed by atoms with E-state index in [1.807, 2.05) is 17.1 Å². The zero-order valence-electron chi connectivity index (χ0n) is 8.82. The van der Waals surface area contributed by atoms with Gasteiger partial charge in [-0.25, -0.2) is 4.79 Å². The Morgan fingerprint density at radius 2 is 2.13 bits per heavy atom. The SMILES string of the molecule is CCC1(O)CN(CCC(=O)NC(N)=O)C1. The molecular weight excluding hydrogens is 198 g/mol. The van der Waals surface area contributed by atoms with Crippen molar-refractivity contribution in [3.63, 3.8) is 0 Å². The van der Waals surface area contributed by atoms with E-state index in [1.54, 1.807) is 0 Å². The number of carbonyl (C=O) groups is 2. The van der Waals surface area contributed by atoms with E-state index in [1.165, 1.54) is 0 Å². The second kappa shape index (κ2) is 4.59. The molecule has 1 rings (SSSR count). The fourth-order valence-electron chi connectivity index (χ4n) is 1.63. The molecule has 0 aromatic carbocycles. The van der Waals surface area contributed by atoms with E-state index in [9.17, 15) is 14.7 Å². The molecule has 6 nitrogen and oxygen atoms in total. The lowest BCUT2D eigenvalue weighted by Gasteiger charge is -2.46. The normalized spacial score (nSPS) is 19.3. The number of rotatable bonds is 4. The first-order valence-corrected chi connectivity index (χ1v) is 4.99. The number of primary amides is 1. The Morgan fingerprint density at radius 3 is 2.60 bits per heavy atom. The number of urea groups is 1. The Balaban J connectivity index is 2.13. The maximum absolute atomic E-state index is 11.0. The molecule has 0 aromatic rings. The van der Waals surface area contributed by atoms with Gasteiger partial charge in [-0.1, -0.05) is 6.92 Å². The van der Waals surface area contributed by atoms with Gasteiger partial charge in [0.25, 0.3) is 0 Å². The molecule has 6 heteroatoms. The molecule has 15 heavy (non-hydrogen) atoms. The lowest BCUT2D eigenvalue weighted by Crippen LogP contribution is -2.61. The minimum absolute atomic E-state index is 0.225. The molecule has 86 valence electrons. The van der Waals surface area contributed by atoms with Crippen LogP contribution in [0.4, 0.5) is 4.79 Å². The minimum atomic E-state index is -0.825. The van der Waals surface area contributed by atoms with Crippen LogP contribution in [0.2, 0.25) is 0 Å². The first kappa shape index (κ1) is 11.9. The lowest BCUT2D eigenvalue weighted by molar-refractivity contribution is -0.124. The highest BCUT2D eigenvalue weighted by Crippen LogP contribution is 2.23. The molecule has 1 fully saturated rings. The van der Waals surface area contributed by atoms with Crippen LogP contribution in [-0.2, 0) is 4.79 Å². The fourth-order valence-corrected chi connectivity index (χ4v) is 1.63. The summed E-state index contributed by atoms with van der Waals surface area (Å²) in [5.74, 6) is -0.380. The molecule has 0 unspecified atom stereocenters. The second-order valence-electron chi connectivity index (χ2n) is 3.95. The average Bonchev–Trinajstić information content (AvgIpc) is 2.09. The van der Waals surface area contributed by atoms with Crippen LogP contribution in [0.25, 0.3) is 0 Å². The number of imide groups is 1. The number of amides is 3. The molecule has 0 spiro atoms. The van der Waals surface area contributed by atoms with Gasteiger partial charge in [0.2, 0.25) is 5.91 Å². The van der Waals surface area contributed by atoms with Gasteiger partial charge >= 0.3 is 6.03 Å². The van der Waals surface area contributed by atoms with Crippen molar-refractivity contribution in [3.05, 3.63) is 0 Å². The van der Waals surface area contributed by atoms with E-state index >= 15 is 0 Å². The van der Waals surface area contributed by atoms with Crippen LogP contribution in [0.15, 0.2) is 0 Å². The standard InChI is InChI=1S/C9H17N3O3/c1-2-9(15)5-12(6-9)4-3-7(13)11-8(10)14/h15H,2-6H2,1H3,(H3,10,11,13,14). The largest absolute Gasteiger partial charge is 0.387 e. The summed E-state index contributed by atoms with van der Waals surface area (Å²) in [5, 5.41) is 11.7. The molecule has 0 aliphatic carbocycles. The molecule has 1 aliphatic heterocycles. The zero-order valence-corrected chi connectivity index (χ0v) is 8.82. The molecule has 1 heterocycles. The van der Waals surface area contributed by atoms with Crippen molar-refractivity contribution in [2.45, 2.75) is 25.4 Å². The summed E-state index contributed by atoms with van der Waals surface area (Å²) in [6.07, 6.45) is 0.944. The Bertz CT molecular complexity index is 261. The van der Waals surface area contributed by atoms with Crippen LogP contribution in [0.3, 0.4) is 0 Å². The molecular formula is C9H17N3O3. The van der Waals surface area contributed by atoms with Gasteiger partial charge in [0.15, 0.2) is 0 Å². The number of hydrogen-bond acceptors (Lipinski definition) is 4. The van der Waals surface area contributed by atoms with Crippen LogP contribution < -0.4 is 11.1 Å². The molecule has 3 amide bonds. The number of nitrogens with one attached hydrogen (secondary N) is 1. The Hall–Kier alpha value is -1.14. The van der Waals surface area contributed by atoms with Crippen molar-refractivity contribution in [2.24, 2.45) is 5.73 Å². The Morgan fingerprint density at radius 1 is 1.53 bits per heavy atom. The third kappa shape index (κ3) is 3.49. The lowest BCUT2D eigenvalue weighted by atomic mass is 9.91. The van der Waals surface area contributed by atoms with Crippen LogP contribution in [-0.4, -0.2) is 47.2 Å². The van der Waals surface area contributed by atoms with Crippen molar-refractivity contribution in [1.29, 1.82) is 0 Å². The minimum Gasteiger partial charge on any atom is -0.387 e. The highest BCUT2D eigenvalue weighted by molar-refractivity contribution is 5.93. The maximum atomic E-state index is 11.0. The Kier molecular flexibility index (Phi) is 3.65. The smallest absolute Gasteiger partial charge is 0.318 e. The molecule has 4 N–H and O–H groups in total. The van der Waals surface area contributed by atoms with Crippen LogP contribution in [0, 0.1) is 0 Å². The van der Waals surface area contributed by atoms with Crippen molar-refractivity contribution in [1.82, 2.24) is 10.2 Å². The van der Waals surface area contributed by atoms with Gasteiger partial charge in [-0.15, -0.1) is 0 Å². The van der Waals surface area contributed by atoms with Crippen molar-refractivity contribution < 1.29 is 14.7 Å². The molecule has 0 radical (unpaired) electrons. The first-order chi connectivity index (χ1) is 6.95. The fraction of sp³-hybridized carbons (Fsp3) is 0.778. The predicted molar refractivity (Wildman–Crippen MR) is 54.0 cm³/mol. The van der Waals surface area contributed by atoms with Crippen LogP contribution in [0.5, 0.6) is 0 Å². The number of hydrogen-bond donors (Lipinski definition) is 3. The molecule has 1 aliphatic rings. The second-order valence-corrected chi connectivity index (χ2v) is 3.95. The number of nitrogens with zero attached hydrogens (tertiary/aromatic N) is 1. The number of carbonyl (C=O) groups excluding carboxylic acids is 2. The van der Waals surface area contributed by atoms with E-state index in [-0.39, 0.29) is 12.3 Å². The molecule has 0 atom stereocenters. The summed E-state index contributed by atoms with van der Waals surface area (Å²) in [6, 6.07) is -0.825. The van der Waals surface area contributed by atoms with Gasteiger partial charge in [0, 0.05) is 26.1 Å². The van der Waals surface area contributed by atoms with E-state index < -0.39 is 11.6 Å². The Labute approximate surface area is 88.4 Å². The molecule has 0 aromatic heterocycles. The molecule has 0 saturated carbocycles. The van der Waals surface area contributed by atoms with Crippen LogP contribution in [0.1, 0.15) is 19.8 Å². The van der Waals surface area contributed by atoms with E-state index in [0.29, 0.717) is 19.6 Å². The van der Waals surface area contributed by atoms with E-state index in [0.717, 1.165) is 6.42 Å². The zero-order chi connectivity index (χ0) is 11.5. The van der Waals surface area contributed by atoms with Crippen molar-refractivity contribution in [2.75, 3.05) is 19.6 Å². The van der Waals surface area contributed by atoms with Gasteiger partial charge in [-0.05, 0) is 6.42 Å². The first-order valence-electron chi connectivity index (χ1n) is 4.99. The van der Waals surface area contributed by atoms with Gasteiger partial charge < -0.3 is 10.8 Å². The quantitative estimate of drug-likeness (QED) is 0.562. The number of likely N-dealkylation sites (tertiary alicyclic amines) is 1. The van der Waals surface area contributed by atoms with Gasteiger partial charge in [0.1, 0.15) is 0 Å². The third-order valence-electron chi connectivity index (χ3n) is 2.61. The van der Waals surface area contributed by atoms with Crippen LogP contribution >= 0.6 is 0 Å². The number of aliphatic hydroxyl groups is 1. The maximum Gasteiger partial charge on any atom is 0.318 e.